The van der Waals surface area contributed by atoms with Crippen LogP contribution >= 0.6 is 7.92 Å². The standard InChI is InChI=1S/C22H28NOP/c24-22(23-19-11-4-1-5-12-19)17-10-18-25(20-13-6-2-7-14-20)21-15-8-3-9-16-21/h2-3,6-9,13-16,19H,1,4-5,10-12,17-18H2,(H,23,24). The fourth-order valence-corrected chi connectivity index (χ4v) is 5.92. The zero-order chi connectivity index (χ0) is 17.3. The van der Waals surface area contributed by atoms with Gasteiger partial charge in [0.2, 0.25) is 5.91 Å². The summed E-state index contributed by atoms with van der Waals surface area (Å²) in [6.45, 7) is 0. The van der Waals surface area contributed by atoms with Crippen molar-refractivity contribution in [3.63, 3.8) is 0 Å². The van der Waals surface area contributed by atoms with Crippen LogP contribution in [0.1, 0.15) is 44.9 Å². The predicted octanol–water partition coefficient (Wildman–Crippen LogP) is 4.35. The number of nitrogens with one attached hydrogen (secondary N) is 1. The van der Waals surface area contributed by atoms with E-state index in [1.807, 2.05) is 0 Å². The molecule has 3 rings (SSSR count). The monoisotopic (exact) mass is 353 g/mol. The maximum atomic E-state index is 12.3. The summed E-state index contributed by atoms with van der Waals surface area (Å²) in [6.07, 6.45) is 8.84. The molecule has 2 aromatic rings. The van der Waals surface area contributed by atoms with Crippen LogP contribution < -0.4 is 15.9 Å². The van der Waals surface area contributed by atoms with Gasteiger partial charge in [-0.1, -0.05) is 79.9 Å². The van der Waals surface area contributed by atoms with Crippen molar-refractivity contribution in [1.82, 2.24) is 5.32 Å². The highest BCUT2D eigenvalue weighted by atomic mass is 31.1. The third kappa shape index (κ3) is 5.68. The molecule has 1 amide bonds. The molecule has 0 saturated heterocycles. The molecule has 0 aromatic heterocycles. The molecule has 1 aliphatic rings. The van der Waals surface area contributed by atoms with Crippen molar-refractivity contribution >= 4 is 24.4 Å². The lowest BCUT2D eigenvalue weighted by atomic mass is 9.95. The van der Waals surface area contributed by atoms with Crippen LogP contribution in [0.15, 0.2) is 60.7 Å². The molecule has 0 aliphatic heterocycles. The van der Waals surface area contributed by atoms with Crippen molar-refractivity contribution in [2.24, 2.45) is 0 Å². The minimum Gasteiger partial charge on any atom is -0.353 e. The number of carbonyl (C=O) groups is 1. The molecule has 25 heavy (non-hydrogen) atoms. The molecule has 3 heteroatoms. The van der Waals surface area contributed by atoms with E-state index in [1.54, 1.807) is 0 Å². The summed E-state index contributed by atoms with van der Waals surface area (Å²) in [4.78, 5) is 12.3. The van der Waals surface area contributed by atoms with E-state index in [4.69, 9.17) is 0 Å². The molecule has 1 fully saturated rings. The smallest absolute Gasteiger partial charge is 0.220 e. The number of carbonyl (C=O) groups excluding carboxylic acids is 1. The Kier molecular flexibility index (Phi) is 7.06. The lowest BCUT2D eigenvalue weighted by molar-refractivity contribution is -0.122. The van der Waals surface area contributed by atoms with Gasteiger partial charge >= 0.3 is 0 Å². The van der Waals surface area contributed by atoms with Gasteiger partial charge in [0.05, 0.1) is 0 Å². The Bertz CT molecular complexity index is 598. The van der Waals surface area contributed by atoms with E-state index in [9.17, 15) is 4.79 Å². The second-order valence-electron chi connectivity index (χ2n) is 6.83. The quantitative estimate of drug-likeness (QED) is 0.737. The normalized spacial score (nSPS) is 15.2. The summed E-state index contributed by atoms with van der Waals surface area (Å²) in [5, 5.41) is 6.04. The second kappa shape index (κ2) is 9.73. The number of hydrogen-bond acceptors (Lipinski definition) is 1. The molecule has 2 nitrogen and oxygen atoms in total. The Morgan fingerprint density at radius 2 is 1.44 bits per heavy atom. The largest absolute Gasteiger partial charge is 0.353 e. The lowest BCUT2D eigenvalue weighted by Crippen LogP contribution is -2.36. The molecule has 132 valence electrons. The number of benzene rings is 2. The summed E-state index contributed by atoms with van der Waals surface area (Å²) < 4.78 is 0. The second-order valence-corrected chi connectivity index (χ2v) is 9.16. The molecule has 0 radical (unpaired) electrons. The van der Waals surface area contributed by atoms with Gasteiger partial charge in [0.25, 0.3) is 0 Å². The van der Waals surface area contributed by atoms with E-state index < -0.39 is 0 Å². The first-order chi connectivity index (χ1) is 12.3. The zero-order valence-electron chi connectivity index (χ0n) is 14.9. The molecular formula is C22H28NOP. The van der Waals surface area contributed by atoms with E-state index in [-0.39, 0.29) is 13.8 Å². The Labute approximate surface area is 152 Å². The summed E-state index contributed by atoms with van der Waals surface area (Å²) >= 11 is 0. The third-order valence-electron chi connectivity index (χ3n) is 4.89. The van der Waals surface area contributed by atoms with E-state index in [1.165, 1.54) is 29.9 Å². The number of hydrogen-bond donors (Lipinski definition) is 1. The molecule has 0 unspecified atom stereocenters. The Hall–Kier alpha value is -1.66. The van der Waals surface area contributed by atoms with Gasteiger partial charge in [-0.25, -0.2) is 0 Å². The first kappa shape index (κ1) is 18.1. The van der Waals surface area contributed by atoms with Crippen LogP contribution in [0.3, 0.4) is 0 Å². The first-order valence-corrected chi connectivity index (χ1v) is 11.0. The molecular weight excluding hydrogens is 325 g/mol. The average Bonchev–Trinajstić information content (AvgIpc) is 2.67. The highest BCUT2D eigenvalue weighted by Gasteiger charge is 2.17. The van der Waals surface area contributed by atoms with Gasteiger partial charge in [-0.15, -0.1) is 0 Å². The molecule has 0 bridgehead atoms. The van der Waals surface area contributed by atoms with Gasteiger partial charge in [-0.2, -0.15) is 0 Å². The fraction of sp³-hybridized carbons (Fsp3) is 0.409. The number of amides is 1. The van der Waals surface area contributed by atoms with Crippen molar-refractivity contribution in [3.8, 4) is 0 Å². The van der Waals surface area contributed by atoms with Crippen LogP contribution in [-0.4, -0.2) is 18.1 Å². The van der Waals surface area contributed by atoms with Crippen molar-refractivity contribution in [1.29, 1.82) is 0 Å². The SMILES string of the molecule is O=C(CCCP(c1ccccc1)c1ccccc1)NC1CCCCC1. The number of rotatable bonds is 7. The summed E-state index contributed by atoms with van der Waals surface area (Å²) in [6, 6.07) is 21.9. The molecule has 1 N–H and O–H groups in total. The average molecular weight is 353 g/mol. The van der Waals surface area contributed by atoms with Crippen molar-refractivity contribution in [3.05, 3.63) is 60.7 Å². The van der Waals surface area contributed by atoms with Crippen LogP contribution in [-0.2, 0) is 4.79 Å². The highest BCUT2D eigenvalue weighted by Crippen LogP contribution is 2.34. The lowest BCUT2D eigenvalue weighted by Gasteiger charge is -2.23. The minimum absolute atomic E-state index is 0.239. The summed E-state index contributed by atoms with van der Waals surface area (Å²) in [5.74, 6) is 0.239. The van der Waals surface area contributed by atoms with Crippen LogP contribution in [0.2, 0.25) is 0 Å². The van der Waals surface area contributed by atoms with Gasteiger partial charge in [-0.05, 0) is 44.0 Å². The van der Waals surface area contributed by atoms with E-state index in [0.717, 1.165) is 25.4 Å². The topological polar surface area (TPSA) is 29.1 Å². The first-order valence-electron chi connectivity index (χ1n) is 9.50. The van der Waals surface area contributed by atoms with E-state index in [0.29, 0.717) is 12.5 Å². The highest BCUT2D eigenvalue weighted by molar-refractivity contribution is 7.73. The van der Waals surface area contributed by atoms with Gasteiger partial charge < -0.3 is 5.32 Å². The molecule has 1 aliphatic carbocycles. The van der Waals surface area contributed by atoms with Crippen LogP contribution in [0.25, 0.3) is 0 Å². The zero-order valence-corrected chi connectivity index (χ0v) is 15.8. The van der Waals surface area contributed by atoms with Gasteiger partial charge in [-0.3, -0.25) is 4.79 Å². The summed E-state index contributed by atoms with van der Waals surface area (Å²) in [5.41, 5.74) is 0. The molecule has 0 atom stereocenters. The van der Waals surface area contributed by atoms with Gasteiger partial charge in [0.1, 0.15) is 0 Å². The molecule has 1 saturated carbocycles. The predicted molar refractivity (Wildman–Crippen MR) is 108 cm³/mol. The van der Waals surface area contributed by atoms with Gasteiger partial charge in [0, 0.05) is 12.5 Å². The Morgan fingerprint density at radius 3 is 2.00 bits per heavy atom. The third-order valence-corrected chi connectivity index (χ3v) is 7.50. The van der Waals surface area contributed by atoms with Crippen molar-refractivity contribution in [2.45, 2.75) is 51.0 Å². The maximum Gasteiger partial charge on any atom is 0.220 e. The van der Waals surface area contributed by atoms with Crippen molar-refractivity contribution < 1.29 is 4.79 Å². The van der Waals surface area contributed by atoms with Gasteiger partial charge in [0.15, 0.2) is 0 Å². The molecule has 0 spiro atoms. The van der Waals surface area contributed by atoms with Crippen LogP contribution in [0.4, 0.5) is 0 Å². The Balaban J connectivity index is 1.55. The van der Waals surface area contributed by atoms with Crippen LogP contribution in [0.5, 0.6) is 0 Å². The fourth-order valence-electron chi connectivity index (χ4n) is 3.57. The molecule has 0 heterocycles. The van der Waals surface area contributed by atoms with Crippen molar-refractivity contribution in [2.75, 3.05) is 6.16 Å². The summed E-state index contributed by atoms with van der Waals surface area (Å²) in [7, 11) is -0.381. The maximum absolute atomic E-state index is 12.3. The minimum atomic E-state index is -0.381. The van der Waals surface area contributed by atoms with E-state index in [2.05, 4.69) is 66.0 Å². The Morgan fingerprint density at radius 1 is 0.880 bits per heavy atom. The van der Waals surface area contributed by atoms with Crippen LogP contribution in [0, 0.1) is 0 Å². The van der Waals surface area contributed by atoms with E-state index >= 15 is 0 Å². The molecule has 2 aromatic carbocycles.